The number of fused-ring (bicyclic) bond motifs is 1. The second-order valence-electron chi connectivity index (χ2n) is 11.8. The van der Waals surface area contributed by atoms with Gasteiger partial charge in [-0.15, -0.1) is 0 Å². The Bertz CT molecular complexity index is 1810. The maximum Gasteiger partial charge on any atom is 0.280 e. The molecule has 1 amide bonds. The van der Waals surface area contributed by atoms with Crippen molar-refractivity contribution in [1.82, 2.24) is 24.3 Å². The number of rotatable bonds is 6. The number of carbonyl (C=O) groups excluding carboxylic acids is 1. The lowest BCUT2D eigenvalue weighted by Gasteiger charge is -2.30. The summed E-state index contributed by atoms with van der Waals surface area (Å²) in [6.07, 6.45) is 5.62. The van der Waals surface area contributed by atoms with Gasteiger partial charge in [0.2, 0.25) is 0 Å². The quantitative estimate of drug-likeness (QED) is 0.338. The molecule has 1 N–H and O–H groups in total. The number of benzene rings is 1. The van der Waals surface area contributed by atoms with E-state index in [1.165, 1.54) is 42.2 Å². The highest BCUT2D eigenvalue weighted by Gasteiger charge is 2.29. The minimum atomic E-state index is -1.23. The first-order valence-corrected chi connectivity index (χ1v) is 14.3. The first-order valence-electron chi connectivity index (χ1n) is 14.3. The topological polar surface area (TPSA) is 98.0 Å². The Labute approximate surface area is 242 Å². The molecule has 0 bridgehead atoms. The van der Waals surface area contributed by atoms with Crippen LogP contribution in [0.15, 0.2) is 41.3 Å². The van der Waals surface area contributed by atoms with Crippen LogP contribution in [0.4, 0.5) is 8.78 Å². The molecule has 10 heteroatoms. The Kier molecular flexibility index (Phi) is 7.15. The summed E-state index contributed by atoms with van der Waals surface area (Å²) in [6, 6.07) is 9.80. The first-order chi connectivity index (χ1) is 20.1. The summed E-state index contributed by atoms with van der Waals surface area (Å²) in [7, 11) is 2.94. The van der Waals surface area contributed by atoms with E-state index >= 15 is 4.39 Å². The molecule has 6 rings (SSSR count). The van der Waals surface area contributed by atoms with Gasteiger partial charge in [0.15, 0.2) is 11.6 Å². The van der Waals surface area contributed by atoms with E-state index in [0.717, 1.165) is 44.1 Å². The molecular weight excluding hydrogens is 538 g/mol. The largest absolute Gasteiger partial charge is 0.353 e. The number of nitrogens with zero attached hydrogens (tertiary/aromatic N) is 5. The van der Waals surface area contributed by atoms with Crippen molar-refractivity contribution in [2.45, 2.75) is 45.1 Å². The van der Waals surface area contributed by atoms with Gasteiger partial charge in [0.1, 0.15) is 17.4 Å². The van der Waals surface area contributed by atoms with Gasteiger partial charge in [0, 0.05) is 56.1 Å². The highest BCUT2D eigenvalue weighted by Crippen LogP contribution is 2.41. The van der Waals surface area contributed by atoms with Crippen molar-refractivity contribution in [2.75, 3.05) is 27.2 Å². The minimum absolute atomic E-state index is 0.154. The van der Waals surface area contributed by atoms with Crippen LogP contribution in [0.2, 0.25) is 0 Å². The lowest BCUT2D eigenvalue weighted by molar-refractivity contribution is 0.0822. The van der Waals surface area contributed by atoms with Crippen LogP contribution in [-0.4, -0.2) is 57.4 Å². The molecule has 216 valence electrons. The fourth-order valence-electron chi connectivity index (χ4n) is 5.91. The maximum absolute atomic E-state index is 15.0. The lowest BCUT2D eigenvalue weighted by Crippen LogP contribution is -2.33. The molecule has 2 aliphatic rings. The van der Waals surface area contributed by atoms with E-state index in [-0.39, 0.29) is 28.4 Å². The van der Waals surface area contributed by atoms with E-state index in [9.17, 15) is 19.2 Å². The molecule has 3 aromatic heterocycles. The van der Waals surface area contributed by atoms with E-state index in [2.05, 4.69) is 22.9 Å². The number of hydrogen-bond acceptors (Lipinski definition) is 5. The van der Waals surface area contributed by atoms with Crippen molar-refractivity contribution < 1.29 is 13.6 Å². The van der Waals surface area contributed by atoms with Gasteiger partial charge in [0.05, 0.1) is 11.1 Å². The summed E-state index contributed by atoms with van der Waals surface area (Å²) >= 11 is 0. The van der Waals surface area contributed by atoms with Crippen LogP contribution >= 0.6 is 0 Å². The second-order valence-corrected chi connectivity index (χ2v) is 11.8. The zero-order chi connectivity index (χ0) is 29.7. The van der Waals surface area contributed by atoms with E-state index in [1.807, 2.05) is 6.07 Å². The van der Waals surface area contributed by atoms with Crippen molar-refractivity contribution in [1.29, 1.82) is 5.26 Å². The molecule has 0 radical (unpaired) electrons. The minimum Gasteiger partial charge on any atom is -0.353 e. The molecule has 2 fully saturated rings. The molecule has 1 saturated carbocycles. The zero-order valence-corrected chi connectivity index (χ0v) is 23.9. The summed E-state index contributed by atoms with van der Waals surface area (Å²) < 4.78 is 30.6. The predicted molar refractivity (Wildman–Crippen MR) is 155 cm³/mol. The molecule has 1 aliphatic heterocycles. The van der Waals surface area contributed by atoms with Gasteiger partial charge in [-0.3, -0.25) is 19.1 Å². The summed E-state index contributed by atoms with van der Waals surface area (Å²) in [5.41, 5.74) is 2.05. The Morgan fingerprint density at radius 3 is 2.67 bits per heavy atom. The van der Waals surface area contributed by atoms with Gasteiger partial charge in [-0.2, -0.15) is 5.26 Å². The Morgan fingerprint density at radius 2 is 1.98 bits per heavy atom. The highest BCUT2D eigenvalue weighted by atomic mass is 19.2. The van der Waals surface area contributed by atoms with Gasteiger partial charge in [-0.05, 0) is 73.5 Å². The average molecular weight is 571 g/mol. The number of aromatic amines is 1. The molecule has 0 spiro atoms. The van der Waals surface area contributed by atoms with Gasteiger partial charge >= 0.3 is 0 Å². The third kappa shape index (κ3) is 5.09. The molecule has 1 aliphatic carbocycles. The van der Waals surface area contributed by atoms with E-state index in [1.54, 1.807) is 12.1 Å². The molecule has 1 aromatic carbocycles. The van der Waals surface area contributed by atoms with Crippen molar-refractivity contribution in [2.24, 2.45) is 5.92 Å². The fourth-order valence-corrected chi connectivity index (χ4v) is 5.91. The number of amides is 1. The third-order valence-electron chi connectivity index (χ3n) is 8.21. The molecule has 8 nitrogen and oxygen atoms in total. The van der Waals surface area contributed by atoms with Gasteiger partial charge in [-0.25, -0.2) is 13.8 Å². The highest BCUT2D eigenvalue weighted by molar-refractivity contribution is 6.01. The van der Waals surface area contributed by atoms with Crippen LogP contribution in [0.25, 0.3) is 27.8 Å². The number of aromatic nitrogens is 3. The summed E-state index contributed by atoms with van der Waals surface area (Å²) in [4.78, 5) is 38.4. The molecule has 4 heterocycles. The number of piperidine rings is 1. The van der Waals surface area contributed by atoms with Crippen molar-refractivity contribution in [3.63, 3.8) is 0 Å². The van der Waals surface area contributed by atoms with Crippen LogP contribution in [0.1, 0.15) is 65.8 Å². The molecule has 1 atom stereocenters. The van der Waals surface area contributed by atoms with Crippen LogP contribution in [0.5, 0.6) is 0 Å². The normalized spacial score (nSPS) is 17.4. The molecule has 4 aromatic rings. The van der Waals surface area contributed by atoms with E-state index in [4.69, 9.17) is 4.98 Å². The number of hydrogen-bond donors (Lipinski definition) is 1. The van der Waals surface area contributed by atoms with Gasteiger partial charge < -0.3 is 9.88 Å². The third-order valence-corrected chi connectivity index (χ3v) is 8.21. The van der Waals surface area contributed by atoms with E-state index < -0.39 is 17.5 Å². The SMILES string of the molecule is C[C@H]1CCCN(Cc2cc3c(C#N)cn(-c4cc(-c5ccc(F)c(F)c5C(=O)N(C)C)cc(C5CC5)n4)c(=O)c3[nH]2)C1. The number of halogens is 2. The average Bonchev–Trinajstić information content (AvgIpc) is 3.74. The predicted octanol–water partition coefficient (Wildman–Crippen LogP) is 5.34. The molecule has 42 heavy (non-hydrogen) atoms. The summed E-state index contributed by atoms with van der Waals surface area (Å²) in [6.45, 7) is 4.86. The maximum atomic E-state index is 15.0. The van der Waals surface area contributed by atoms with Gasteiger partial charge in [-0.1, -0.05) is 13.0 Å². The number of nitriles is 1. The Balaban J connectivity index is 1.49. The van der Waals surface area contributed by atoms with Crippen LogP contribution < -0.4 is 5.56 Å². The number of carbonyl (C=O) groups is 1. The second kappa shape index (κ2) is 10.8. The number of likely N-dealkylation sites (tertiary alicyclic amines) is 1. The first kappa shape index (κ1) is 27.8. The van der Waals surface area contributed by atoms with Gasteiger partial charge in [0.25, 0.3) is 11.5 Å². The smallest absolute Gasteiger partial charge is 0.280 e. The number of pyridine rings is 2. The molecule has 0 unspecified atom stereocenters. The molecular formula is C32H32F2N6O2. The summed E-state index contributed by atoms with van der Waals surface area (Å²) in [5.74, 6) is -2.03. The zero-order valence-electron chi connectivity index (χ0n) is 23.9. The number of H-pyrrole nitrogens is 1. The van der Waals surface area contributed by atoms with Crippen molar-refractivity contribution in [3.8, 4) is 23.0 Å². The van der Waals surface area contributed by atoms with Crippen LogP contribution in [0, 0.1) is 28.9 Å². The van der Waals surface area contributed by atoms with Crippen LogP contribution in [0.3, 0.4) is 0 Å². The van der Waals surface area contributed by atoms with E-state index in [0.29, 0.717) is 40.2 Å². The Morgan fingerprint density at radius 1 is 1.19 bits per heavy atom. The Hall–Kier alpha value is -4.36. The molecule has 1 saturated heterocycles. The summed E-state index contributed by atoms with van der Waals surface area (Å²) in [5, 5.41) is 10.6. The standard InChI is InChI=1S/C32H32F2N6O2/c1-18-5-4-10-39(15-18)17-22-13-24-21(14-35)16-40(32(42)30(24)36-22)27-12-20(11-26(37-27)19-6-7-19)23-8-9-25(33)29(34)28(23)31(41)38(2)3/h8-9,11-13,16,18-19,36H,4-7,10,15,17H2,1-3H3/t18-/m0/s1. The van der Waals surface area contributed by atoms with Crippen molar-refractivity contribution >= 4 is 16.8 Å². The van der Waals surface area contributed by atoms with Crippen LogP contribution in [-0.2, 0) is 6.54 Å². The fraction of sp³-hybridized carbons (Fsp3) is 0.375. The number of nitrogens with one attached hydrogen (secondary N) is 1. The van der Waals surface area contributed by atoms with Crippen molar-refractivity contribution in [3.05, 3.63) is 81.0 Å². The lowest BCUT2D eigenvalue weighted by atomic mass is 9.97. The monoisotopic (exact) mass is 570 g/mol.